The second-order valence-electron chi connectivity index (χ2n) is 10.9. The number of aliphatic hydroxyl groups is 2. The van der Waals surface area contributed by atoms with Crippen LogP contribution in [-0.2, 0) is 0 Å². The molecule has 0 saturated heterocycles. The first-order chi connectivity index (χ1) is 14.2. The van der Waals surface area contributed by atoms with E-state index in [0.717, 1.165) is 25.7 Å². The third-order valence-corrected chi connectivity index (χ3v) is 7.50. The quantitative estimate of drug-likeness (QED) is 0.280. The van der Waals surface area contributed by atoms with Crippen LogP contribution >= 0.6 is 0 Å². The molecule has 174 valence electrons. The minimum absolute atomic E-state index is 0.220. The molecule has 0 heterocycles. The van der Waals surface area contributed by atoms with Gasteiger partial charge in [-0.15, -0.1) is 0 Å². The third-order valence-electron chi connectivity index (χ3n) is 7.50. The highest BCUT2D eigenvalue weighted by atomic mass is 16.3. The molecule has 3 heteroatoms. The zero-order valence-electron chi connectivity index (χ0n) is 20.4. The molecule has 0 aromatic heterocycles. The molecule has 3 nitrogen and oxygen atoms in total. The Morgan fingerprint density at radius 3 is 2.57 bits per heavy atom. The van der Waals surface area contributed by atoms with Gasteiger partial charge in [0.1, 0.15) is 0 Å². The largest absolute Gasteiger partial charge is 0.392 e. The maximum absolute atomic E-state index is 10.5. The van der Waals surface area contributed by atoms with Gasteiger partial charge in [0, 0.05) is 11.5 Å². The molecule has 2 aliphatic carbocycles. The Bertz CT molecular complexity index is 548. The van der Waals surface area contributed by atoms with Crippen molar-refractivity contribution in [3.05, 3.63) is 23.8 Å². The molecule has 5 atom stereocenters. The standard InChI is InChI=1S/C27H49NO2/c1-6-7-10-14-23(29)15-16-24-25-19-21(18-22(25)20-26(24)30)13-11-8-9-12-17-28(5)27(2,3)4/h15-16,18,22-26,29-30H,6-14,17,19-20H2,1-5H3/t22-,23-,24+,25-,26+/m0/s1. The van der Waals surface area contributed by atoms with Gasteiger partial charge in [-0.1, -0.05) is 62.8 Å². The molecule has 1 saturated carbocycles. The molecule has 0 aromatic carbocycles. The molecular weight excluding hydrogens is 370 g/mol. The molecule has 30 heavy (non-hydrogen) atoms. The van der Waals surface area contributed by atoms with Gasteiger partial charge in [0.15, 0.2) is 0 Å². The predicted octanol–water partition coefficient (Wildman–Crippen LogP) is 6.11. The van der Waals surface area contributed by atoms with Gasteiger partial charge in [-0.2, -0.15) is 0 Å². The van der Waals surface area contributed by atoms with E-state index < -0.39 is 0 Å². The molecule has 0 radical (unpaired) electrons. The van der Waals surface area contributed by atoms with Crippen molar-refractivity contribution < 1.29 is 10.2 Å². The molecule has 0 unspecified atom stereocenters. The highest BCUT2D eigenvalue weighted by molar-refractivity contribution is 5.21. The summed E-state index contributed by atoms with van der Waals surface area (Å²) in [7, 11) is 2.23. The summed E-state index contributed by atoms with van der Waals surface area (Å²) in [4.78, 5) is 2.45. The summed E-state index contributed by atoms with van der Waals surface area (Å²) in [6.07, 6.45) is 18.8. The lowest BCUT2D eigenvalue weighted by Gasteiger charge is -2.31. The third kappa shape index (κ3) is 8.13. The van der Waals surface area contributed by atoms with Gasteiger partial charge in [-0.05, 0) is 84.7 Å². The molecule has 0 aromatic rings. The zero-order chi connectivity index (χ0) is 22.1. The molecule has 0 spiro atoms. The lowest BCUT2D eigenvalue weighted by atomic mass is 9.88. The van der Waals surface area contributed by atoms with Crippen LogP contribution in [-0.4, -0.2) is 46.5 Å². The lowest BCUT2D eigenvalue weighted by molar-refractivity contribution is 0.139. The minimum Gasteiger partial charge on any atom is -0.392 e. The Balaban J connectivity index is 1.67. The number of hydrogen-bond donors (Lipinski definition) is 2. The smallest absolute Gasteiger partial charge is 0.0721 e. The van der Waals surface area contributed by atoms with Crippen molar-refractivity contribution in [2.45, 2.75) is 116 Å². The first kappa shape index (κ1) is 25.6. The number of hydrogen-bond acceptors (Lipinski definition) is 3. The Hall–Kier alpha value is -0.640. The van der Waals surface area contributed by atoms with E-state index in [4.69, 9.17) is 0 Å². The molecule has 0 aliphatic heterocycles. The van der Waals surface area contributed by atoms with Gasteiger partial charge >= 0.3 is 0 Å². The fourth-order valence-electron chi connectivity index (χ4n) is 5.14. The average molecular weight is 420 g/mol. The van der Waals surface area contributed by atoms with E-state index in [0.29, 0.717) is 11.8 Å². The maximum Gasteiger partial charge on any atom is 0.0721 e. The van der Waals surface area contributed by atoms with Crippen LogP contribution in [0.3, 0.4) is 0 Å². The maximum atomic E-state index is 10.5. The zero-order valence-corrected chi connectivity index (χ0v) is 20.4. The molecular formula is C27H49NO2. The summed E-state index contributed by atoms with van der Waals surface area (Å²) in [6, 6.07) is 0. The lowest BCUT2D eigenvalue weighted by Crippen LogP contribution is -2.38. The Morgan fingerprint density at radius 1 is 1.13 bits per heavy atom. The topological polar surface area (TPSA) is 43.7 Å². The van der Waals surface area contributed by atoms with E-state index in [1.807, 2.05) is 6.08 Å². The molecule has 2 N–H and O–H groups in total. The van der Waals surface area contributed by atoms with Crippen LogP contribution in [0.15, 0.2) is 23.8 Å². The van der Waals surface area contributed by atoms with Gasteiger partial charge in [-0.3, -0.25) is 0 Å². The fraction of sp³-hybridized carbons (Fsp3) is 0.852. The second kappa shape index (κ2) is 12.4. The van der Waals surface area contributed by atoms with Gasteiger partial charge in [-0.25, -0.2) is 0 Å². The highest BCUT2D eigenvalue weighted by Gasteiger charge is 2.43. The molecule has 2 aliphatic rings. The molecule has 0 amide bonds. The predicted molar refractivity (Wildman–Crippen MR) is 129 cm³/mol. The number of allylic oxidation sites excluding steroid dienone is 2. The van der Waals surface area contributed by atoms with E-state index in [9.17, 15) is 10.2 Å². The summed E-state index contributed by atoms with van der Waals surface area (Å²) in [6.45, 7) is 10.2. The number of rotatable bonds is 13. The first-order valence-corrected chi connectivity index (χ1v) is 12.7. The van der Waals surface area contributed by atoms with Crippen LogP contribution in [0.4, 0.5) is 0 Å². The molecule has 2 rings (SSSR count). The summed E-state index contributed by atoms with van der Waals surface area (Å²) < 4.78 is 0. The normalized spacial score (nSPS) is 27.8. The number of aliphatic hydroxyl groups excluding tert-OH is 2. The van der Waals surface area contributed by atoms with Crippen molar-refractivity contribution in [3.8, 4) is 0 Å². The van der Waals surface area contributed by atoms with E-state index in [1.54, 1.807) is 5.57 Å². The Morgan fingerprint density at radius 2 is 1.87 bits per heavy atom. The van der Waals surface area contributed by atoms with Crippen LogP contribution in [0, 0.1) is 17.8 Å². The van der Waals surface area contributed by atoms with Gasteiger partial charge in [0.25, 0.3) is 0 Å². The van der Waals surface area contributed by atoms with Crippen LogP contribution < -0.4 is 0 Å². The fourth-order valence-corrected chi connectivity index (χ4v) is 5.14. The SMILES string of the molecule is CCCCC[C@H](O)C=C[C@@H]1[C@H]2CC(CCCCCCN(C)C(C)(C)C)=C[C@H]2C[C@H]1O. The van der Waals surface area contributed by atoms with Crippen LogP contribution in [0.25, 0.3) is 0 Å². The van der Waals surface area contributed by atoms with Crippen molar-refractivity contribution in [2.24, 2.45) is 17.8 Å². The summed E-state index contributed by atoms with van der Waals surface area (Å²) in [5, 5.41) is 20.7. The van der Waals surface area contributed by atoms with E-state index in [2.05, 4.69) is 51.8 Å². The van der Waals surface area contributed by atoms with Crippen LogP contribution in [0.5, 0.6) is 0 Å². The van der Waals surface area contributed by atoms with E-state index >= 15 is 0 Å². The van der Waals surface area contributed by atoms with Gasteiger partial charge in [0.2, 0.25) is 0 Å². The molecule has 1 fully saturated rings. The Labute approximate surface area is 186 Å². The van der Waals surface area contributed by atoms with Crippen molar-refractivity contribution >= 4 is 0 Å². The minimum atomic E-state index is -0.353. The van der Waals surface area contributed by atoms with Crippen LogP contribution in [0.2, 0.25) is 0 Å². The summed E-state index contributed by atoms with van der Waals surface area (Å²) in [5.74, 6) is 1.31. The molecule has 0 bridgehead atoms. The average Bonchev–Trinajstić information content (AvgIpc) is 3.18. The van der Waals surface area contributed by atoms with Gasteiger partial charge < -0.3 is 15.1 Å². The van der Waals surface area contributed by atoms with Crippen molar-refractivity contribution in [1.82, 2.24) is 4.90 Å². The van der Waals surface area contributed by atoms with E-state index in [1.165, 1.54) is 51.5 Å². The number of nitrogens with zero attached hydrogens (tertiary/aromatic N) is 1. The monoisotopic (exact) mass is 419 g/mol. The Kier molecular flexibility index (Phi) is 10.6. The summed E-state index contributed by atoms with van der Waals surface area (Å²) >= 11 is 0. The van der Waals surface area contributed by atoms with Gasteiger partial charge in [0.05, 0.1) is 12.2 Å². The number of unbranched alkanes of at least 4 members (excludes halogenated alkanes) is 5. The number of fused-ring (bicyclic) bond motifs is 1. The second-order valence-corrected chi connectivity index (χ2v) is 10.9. The highest BCUT2D eigenvalue weighted by Crippen LogP contribution is 2.48. The first-order valence-electron chi connectivity index (χ1n) is 12.7. The van der Waals surface area contributed by atoms with Crippen molar-refractivity contribution in [2.75, 3.05) is 13.6 Å². The van der Waals surface area contributed by atoms with Crippen molar-refractivity contribution in [3.63, 3.8) is 0 Å². The van der Waals surface area contributed by atoms with Crippen LogP contribution in [0.1, 0.15) is 98.3 Å². The summed E-state index contributed by atoms with van der Waals surface area (Å²) in [5.41, 5.74) is 1.89. The van der Waals surface area contributed by atoms with Crippen molar-refractivity contribution in [1.29, 1.82) is 0 Å². The van der Waals surface area contributed by atoms with E-state index in [-0.39, 0.29) is 23.7 Å².